The quantitative estimate of drug-likeness (QED) is 0.864. The normalized spacial score (nSPS) is 17.8. The van der Waals surface area contributed by atoms with E-state index in [1.54, 1.807) is 6.92 Å². The van der Waals surface area contributed by atoms with Crippen LogP contribution in [0.15, 0.2) is 52.2 Å². The molecule has 1 aliphatic heterocycles. The van der Waals surface area contributed by atoms with E-state index < -0.39 is 5.92 Å². The first kappa shape index (κ1) is 16.2. The first-order valence-corrected chi connectivity index (χ1v) is 8.24. The van der Waals surface area contributed by atoms with Crippen LogP contribution in [0.5, 0.6) is 0 Å². The molecule has 22 heavy (non-hydrogen) atoms. The highest BCUT2D eigenvalue weighted by Crippen LogP contribution is 2.40. The number of hydrogen-bond donors (Lipinski definition) is 1. The van der Waals surface area contributed by atoms with Gasteiger partial charge in [0.15, 0.2) is 0 Å². The third-order valence-corrected chi connectivity index (χ3v) is 4.21. The van der Waals surface area contributed by atoms with Crippen LogP contribution >= 0.6 is 11.8 Å². The number of carbonyl (C=O) groups excluding carboxylic acids is 1. The second kappa shape index (κ2) is 7.19. The number of carbonyl (C=O) groups is 1. The number of benzene rings is 1. The van der Waals surface area contributed by atoms with E-state index in [2.05, 4.69) is 11.4 Å². The highest BCUT2D eigenvalue weighted by atomic mass is 32.2. The fourth-order valence-corrected chi connectivity index (χ4v) is 3.17. The molecule has 0 unspecified atom stereocenters. The molecule has 0 radical (unpaired) electrons. The number of dihydropyridines is 1. The van der Waals surface area contributed by atoms with E-state index in [4.69, 9.17) is 4.74 Å². The largest absolute Gasteiger partial charge is 0.463 e. The average molecular weight is 314 g/mol. The van der Waals surface area contributed by atoms with E-state index in [9.17, 15) is 10.1 Å². The monoisotopic (exact) mass is 314 g/mol. The summed E-state index contributed by atoms with van der Waals surface area (Å²) in [5, 5.41) is 13.5. The summed E-state index contributed by atoms with van der Waals surface area (Å²) in [4.78, 5) is 12.4. The molecule has 0 saturated carbocycles. The van der Waals surface area contributed by atoms with E-state index in [-0.39, 0.29) is 5.97 Å². The Hall–Kier alpha value is -2.19. The summed E-state index contributed by atoms with van der Waals surface area (Å²) < 4.78 is 5.19. The first-order chi connectivity index (χ1) is 10.6. The summed E-state index contributed by atoms with van der Waals surface area (Å²) in [7, 11) is 0. The fourth-order valence-electron chi connectivity index (χ4n) is 2.53. The third kappa shape index (κ3) is 3.02. The van der Waals surface area contributed by atoms with Gasteiger partial charge < -0.3 is 10.1 Å². The maximum Gasteiger partial charge on any atom is 0.336 e. The zero-order chi connectivity index (χ0) is 16.1. The summed E-state index contributed by atoms with van der Waals surface area (Å²) in [6, 6.07) is 11.8. The van der Waals surface area contributed by atoms with Crippen molar-refractivity contribution in [3.8, 4) is 6.07 Å². The van der Waals surface area contributed by atoms with Gasteiger partial charge >= 0.3 is 5.97 Å². The van der Waals surface area contributed by atoms with Crippen LogP contribution in [0.4, 0.5) is 0 Å². The highest BCUT2D eigenvalue weighted by molar-refractivity contribution is 8.02. The van der Waals surface area contributed by atoms with Crippen molar-refractivity contribution < 1.29 is 9.53 Å². The van der Waals surface area contributed by atoms with E-state index in [0.717, 1.165) is 16.3 Å². The molecule has 0 aliphatic carbocycles. The Labute approximate surface area is 134 Å². The van der Waals surface area contributed by atoms with Crippen molar-refractivity contribution in [3.63, 3.8) is 0 Å². The van der Waals surface area contributed by atoms with Crippen LogP contribution in [0.2, 0.25) is 0 Å². The van der Waals surface area contributed by atoms with Crippen molar-refractivity contribution in [3.05, 3.63) is 57.8 Å². The lowest BCUT2D eigenvalue weighted by atomic mass is 9.82. The molecule has 0 fully saturated rings. The van der Waals surface area contributed by atoms with Gasteiger partial charge in [-0.1, -0.05) is 30.3 Å². The molecule has 0 saturated heterocycles. The van der Waals surface area contributed by atoms with Crippen LogP contribution in [0.3, 0.4) is 0 Å². The molecule has 1 aliphatic rings. The van der Waals surface area contributed by atoms with Crippen LogP contribution in [0.25, 0.3) is 0 Å². The van der Waals surface area contributed by atoms with Gasteiger partial charge in [0.05, 0.1) is 34.8 Å². The van der Waals surface area contributed by atoms with Gasteiger partial charge in [-0.25, -0.2) is 4.79 Å². The van der Waals surface area contributed by atoms with Gasteiger partial charge in [-0.2, -0.15) is 5.26 Å². The molecule has 0 spiro atoms. The van der Waals surface area contributed by atoms with Gasteiger partial charge in [0.25, 0.3) is 0 Å². The van der Waals surface area contributed by atoms with Crippen molar-refractivity contribution in [2.75, 3.05) is 12.9 Å². The van der Waals surface area contributed by atoms with Gasteiger partial charge in [-0.3, -0.25) is 0 Å². The van der Waals surface area contributed by atoms with Crippen LogP contribution in [0, 0.1) is 11.3 Å². The minimum atomic E-state index is -0.394. The van der Waals surface area contributed by atoms with Crippen molar-refractivity contribution in [1.29, 1.82) is 5.26 Å². The van der Waals surface area contributed by atoms with E-state index in [1.165, 1.54) is 11.8 Å². The molecule has 1 aromatic rings. The van der Waals surface area contributed by atoms with Crippen LogP contribution < -0.4 is 5.32 Å². The Morgan fingerprint density at radius 1 is 1.41 bits per heavy atom. The summed E-state index contributed by atoms with van der Waals surface area (Å²) >= 11 is 1.47. The molecule has 0 bridgehead atoms. The Morgan fingerprint density at radius 3 is 2.64 bits per heavy atom. The molecule has 1 heterocycles. The van der Waals surface area contributed by atoms with Gasteiger partial charge in [-0.15, -0.1) is 11.8 Å². The Balaban J connectivity index is 2.61. The second-order valence-electron chi connectivity index (χ2n) is 4.79. The van der Waals surface area contributed by atoms with Gasteiger partial charge in [0.2, 0.25) is 0 Å². The van der Waals surface area contributed by atoms with Crippen molar-refractivity contribution in [2.24, 2.45) is 0 Å². The molecule has 1 N–H and O–H groups in total. The molecular formula is C17H18N2O2S. The molecule has 1 atom stereocenters. The van der Waals surface area contributed by atoms with Crippen molar-refractivity contribution in [1.82, 2.24) is 5.32 Å². The smallest absolute Gasteiger partial charge is 0.336 e. The van der Waals surface area contributed by atoms with Crippen molar-refractivity contribution >= 4 is 17.7 Å². The number of nitrogens with one attached hydrogen (secondary N) is 1. The summed E-state index contributed by atoms with van der Waals surface area (Å²) in [6.07, 6.45) is 1.91. The summed E-state index contributed by atoms with van der Waals surface area (Å²) in [6.45, 7) is 3.92. The zero-order valence-corrected chi connectivity index (χ0v) is 13.7. The van der Waals surface area contributed by atoms with E-state index >= 15 is 0 Å². The van der Waals surface area contributed by atoms with Gasteiger partial charge in [-0.05, 0) is 25.7 Å². The molecule has 5 heteroatoms. The number of hydrogen-bond acceptors (Lipinski definition) is 5. The number of esters is 1. The van der Waals surface area contributed by atoms with Crippen LogP contribution in [-0.4, -0.2) is 18.8 Å². The number of thioether (sulfide) groups is 1. The minimum Gasteiger partial charge on any atom is -0.463 e. The number of ether oxygens (including phenoxy) is 1. The van der Waals surface area contributed by atoms with E-state index in [0.29, 0.717) is 17.8 Å². The zero-order valence-electron chi connectivity index (χ0n) is 12.8. The Bertz CT molecular complexity index is 672. The topological polar surface area (TPSA) is 62.1 Å². The first-order valence-electron chi connectivity index (χ1n) is 7.02. The number of rotatable bonds is 4. The lowest BCUT2D eigenvalue weighted by Crippen LogP contribution is -2.28. The number of nitriles is 1. The van der Waals surface area contributed by atoms with Gasteiger partial charge in [0, 0.05) is 5.70 Å². The SMILES string of the molecule is CCOC(=O)C1=C(C)NC(SC)=C(C#N)[C@@H]1c1ccccc1. The molecule has 4 nitrogen and oxygen atoms in total. The lowest BCUT2D eigenvalue weighted by Gasteiger charge is -2.28. The highest BCUT2D eigenvalue weighted by Gasteiger charge is 2.34. The predicted molar refractivity (Wildman–Crippen MR) is 87.8 cm³/mol. The Morgan fingerprint density at radius 2 is 2.09 bits per heavy atom. The lowest BCUT2D eigenvalue weighted by molar-refractivity contribution is -0.138. The molecule has 1 aromatic carbocycles. The minimum absolute atomic E-state index is 0.304. The standard InChI is InChI=1S/C17H18N2O2S/c1-4-21-17(20)14-11(2)19-16(22-3)13(10-18)15(14)12-8-6-5-7-9-12/h5-9,15,19H,4H2,1-3H3/t15-/m0/s1. The Kier molecular flexibility index (Phi) is 5.29. The van der Waals surface area contributed by atoms with Crippen molar-refractivity contribution in [2.45, 2.75) is 19.8 Å². The number of nitrogens with zero attached hydrogens (tertiary/aromatic N) is 1. The third-order valence-electron chi connectivity index (χ3n) is 3.48. The number of allylic oxidation sites excluding steroid dienone is 2. The molecule has 0 aromatic heterocycles. The maximum atomic E-state index is 12.4. The fraction of sp³-hybridized carbons (Fsp3) is 0.294. The summed E-state index contributed by atoms with van der Waals surface area (Å²) in [5.41, 5.74) is 2.69. The van der Waals surface area contributed by atoms with Gasteiger partial charge in [0.1, 0.15) is 0 Å². The molecule has 114 valence electrons. The van der Waals surface area contributed by atoms with Crippen LogP contribution in [0.1, 0.15) is 25.3 Å². The summed E-state index contributed by atoms with van der Waals surface area (Å²) in [5.74, 6) is -0.775. The van der Waals surface area contributed by atoms with E-state index in [1.807, 2.05) is 43.5 Å². The van der Waals surface area contributed by atoms with Crippen LogP contribution in [-0.2, 0) is 9.53 Å². The predicted octanol–water partition coefficient (Wildman–Crippen LogP) is 3.31. The molecular weight excluding hydrogens is 296 g/mol. The maximum absolute atomic E-state index is 12.4. The molecule has 2 rings (SSSR count). The molecule has 0 amide bonds. The average Bonchev–Trinajstić information content (AvgIpc) is 2.54. The second-order valence-corrected chi connectivity index (χ2v) is 5.60.